The molecule has 1 heterocycles. The molecule has 1 saturated carbocycles. The largest absolute Gasteiger partial charge is 0.458 e. The molecule has 2 unspecified atom stereocenters. The van der Waals surface area contributed by atoms with Crippen molar-refractivity contribution in [2.75, 3.05) is 0 Å². The van der Waals surface area contributed by atoms with Gasteiger partial charge in [-0.2, -0.15) is 0 Å². The SMILES string of the molecule is C=C[C@@]1(C)CCCC2(C(=O)OCc3ccccc3)OC(=O)CC21. The zero-order valence-corrected chi connectivity index (χ0v) is 13.4. The third-order valence-corrected chi connectivity index (χ3v) is 5.31. The van der Waals surface area contributed by atoms with E-state index >= 15 is 0 Å². The Morgan fingerprint density at radius 3 is 2.83 bits per heavy atom. The summed E-state index contributed by atoms with van der Waals surface area (Å²) in [5.41, 5.74) is -0.510. The molecule has 23 heavy (non-hydrogen) atoms. The molecule has 0 spiro atoms. The van der Waals surface area contributed by atoms with Gasteiger partial charge in [-0.05, 0) is 30.2 Å². The Hall–Kier alpha value is -2.10. The van der Waals surface area contributed by atoms with Crippen molar-refractivity contribution in [2.45, 2.75) is 44.8 Å². The highest BCUT2D eigenvalue weighted by molar-refractivity contribution is 5.88. The Labute approximate surface area is 136 Å². The van der Waals surface area contributed by atoms with Crippen LogP contribution < -0.4 is 0 Å². The summed E-state index contributed by atoms with van der Waals surface area (Å²) in [5, 5.41) is 0. The normalized spacial score (nSPS) is 32.7. The van der Waals surface area contributed by atoms with E-state index in [1.165, 1.54) is 0 Å². The lowest BCUT2D eigenvalue weighted by atomic mass is 9.60. The highest BCUT2D eigenvalue weighted by Crippen LogP contribution is 2.54. The zero-order valence-electron chi connectivity index (χ0n) is 13.4. The Bertz CT molecular complexity index is 624. The number of esters is 2. The van der Waals surface area contributed by atoms with Gasteiger partial charge in [0.25, 0.3) is 0 Å². The lowest BCUT2D eigenvalue weighted by Crippen LogP contribution is -2.53. The fourth-order valence-corrected chi connectivity index (χ4v) is 3.92. The zero-order chi connectivity index (χ0) is 16.5. The molecule has 1 aliphatic carbocycles. The molecule has 1 aromatic carbocycles. The topological polar surface area (TPSA) is 52.6 Å². The number of benzene rings is 1. The summed E-state index contributed by atoms with van der Waals surface area (Å²) in [5.74, 6) is -0.941. The van der Waals surface area contributed by atoms with Gasteiger partial charge in [0.1, 0.15) is 6.61 Å². The third kappa shape index (κ3) is 2.67. The molecule has 0 aromatic heterocycles. The smallest absolute Gasteiger partial charge is 0.351 e. The standard InChI is InChI=1S/C19H22O4/c1-3-18(2)10-7-11-19(15(18)12-16(20)23-19)17(21)22-13-14-8-5-4-6-9-14/h3-6,8-9,15H,1,7,10-13H2,2H3/t15?,18-,19?/m0/s1. The molecule has 2 fully saturated rings. The summed E-state index contributed by atoms with van der Waals surface area (Å²) in [4.78, 5) is 24.7. The van der Waals surface area contributed by atoms with Crippen LogP contribution in [0.5, 0.6) is 0 Å². The predicted octanol–water partition coefficient (Wildman–Crippen LogP) is 3.41. The van der Waals surface area contributed by atoms with Gasteiger partial charge in [-0.1, -0.05) is 43.3 Å². The van der Waals surface area contributed by atoms with Crippen LogP contribution >= 0.6 is 0 Å². The van der Waals surface area contributed by atoms with Crippen LogP contribution in [0.3, 0.4) is 0 Å². The Morgan fingerprint density at radius 1 is 1.39 bits per heavy atom. The van der Waals surface area contributed by atoms with Crippen molar-refractivity contribution in [1.29, 1.82) is 0 Å². The molecule has 3 rings (SSSR count). The first-order valence-corrected chi connectivity index (χ1v) is 8.07. The quantitative estimate of drug-likeness (QED) is 0.631. The van der Waals surface area contributed by atoms with Crippen molar-refractivity contribution in [3.63, 3.8) is 0 Å². The first kappa shape index (κ1) is 15.8. The number of carbonyl (C=O) groups excluding carboxylic acids is 2. The molecule has 0 amide bonds. The number of carbonyl (C=O) groups is 2. The van der Waals surface area contributed by atoms with Gasteiger partial charge in [-0.15, -0.1) is 6.58 Å². The maximum Gasteiger partial charge on any atom is 0.351 e. The van der Waals surface area contributed by atoms with Gasteiger partial charge in [0.15, 0.2) is 0 Å². The van der Waals surface area contributed by atoms with Crippen LogP contribution in [0.25, 0.3) is 0 Å². The maximum atomic E-state index is 12.8. The highest BCUT2D eigenvalue weighted by atomic mass is 16.6. The molecule has 122 valence electrons. The van der Waals surface area contributed by atoms with E-state index in [1.54, 1.807) is 0 Å². The Kier molecular flexibility index (Phi) is 4.00. The predicted molar refractivity (Wildman–Crippen MR) is 85.3 cm³/mol. The molecular formula is C19H22O4. The Balaban J connectivity index is 1.81. The van der Waals surface area contributed by atoms with Gasteiger partial charge < -0.3 is 9.47 Å². The average molecular weight is 314 g/mol. The lowest BCUT2D eigenvalue weighted by Gasteiger charge is -2.45. The van der Waals surface area contributed by atoms with Crippen molar-refractivity contribution < 1.29 is 19.1 Å². The molecule has 4 nitrogen and oxygen atoms in total. The number of hydrogen-bond acceptors (Lipinski definition) is 4. The van der Waals surface area contributed by atoms with E-state index in [4.69, 9.17) is 9.47 Å². The fourth-order valence-electron chi connectivity index (χ4n) is 3.92. The molecular weight excluding hydrogens is 292 g/mol. The summed E-state index contributed by atoms with van der Waals surface area (Å²) < 4.78 is 11.0. The average Bonchev–Trinajstić information content (AvgIpc) is 2.93. The summed E-state index contributed by atoms with van der Waals surface area (Å²) in [6.07, 6.45) is 4.36. The minimum Gasteiger partial charge on any atom is -0.458 e. The molecule has 1 aromatic rings. The van der Waals surface area contributed by atoms with Crippen molar-refractivity contribution in [2.24, 2.45) is 11.3 Å². The second kappa shape index (κ2) is 5.84. The molecule has 0 N–H and O–H groups in total. The second-order valence-corrected chi connectivity index (χ2v) is 6.75. The molecule has 3 atom stereocenters. The van der Waals surface area contributed by atoms with Gasteiger partial charge in [0.05, 0.1) is 6.42 Å². The number of rotatable bonds is 4. The van der Waals surface area contributed by atoms with Crippen LogP contribution in [0.2, 0.25) is 0 Å². The summed E-state index contributed by atoms with van der Waals surface area (Å²) in [7, 11) is 0. The van der Waals surface area contributed by atoms with E-state index in [0.29, 0.717) is 6.42 Å². The van der Waals surface area contributed by atoms with E-state index in [-0.39, 0.29) is 30.3 Å². The molecule has 1 aliphatic heterocycles. The van der Waals surface area contributed by atoms with E-state index in [0.717, 1.165) is 18.4 Å². The first-order chi connectivity index (χ1) is 11.0. The van der Waals surface area contributed by atoms with Crippen molar-refractivity contribution in [1.82, 2.24) is 0 Å². The highest BCUT2D eigenvalue weighted by Gasteiger charge is 2.62. The third-order valence-electron chi connectivity index (χ3n) is 5.31. The maximum absolute atomic E-state index is 12.8. The van der Waals surface area contributed by atoms with Crippen molar-refractivity contribution in [3.8, 4) is 0 Å². The first-order valence-electron chi connectivity index (χ1n) is 8.07. The summed E-state index contributed by atoms with van der Waals surface area (Å²) in [6, 6.07) is 9.51. The second-order valence-electron chi connectivity index (χ2n) is 6.75. The van der Waals surface area contributed by atoms with Crippen LogP contribution in [0.1, 0.15) is 38.2 Å². The van der Waals surface area contributed by atoms with E-state index in [1.807, 2.05) is 43.3 Å². The van der Waals surface area contributed by atoms with E-state index < -0.39 is 11.6 Å². The monoisotopic (exact) mass is 314 g/mol. The van der Waals surface area contributed by atoms with Gasteiger partial charge >= 0.3 is 11.9 Å². The molecule has 0 bridgehead atoms. The van der Waals surface area contributed by atoms with Crippen LogP contribution in [-0.4, -0.2) is 17.5 Å². The van der Waals surface area contributed by atoms with Gasteiger partial charge in [0.2, 0.25) is 5.60 Å². The number of allylic oxidation sites excluding steroid dienone is 1. The van der Waals surface area contributed by atoms with Crippen LogP contribution in [0.4, 0.5) is 0 Å². The van der Waals surface area contributed by atoms with Gasteiger partial charge in [-0.3, -0.25) is 4.79 Å². The summed E-state index contributed by atoms with van der Waals surface area (Å²) in [6.45, 7) is 6.14. The van der Waals surface area contributed by atoms with Crippen molar-refractivity contribution in [3.05, 3.63) is 48.6 Å². The molecule has 1 saturated heterocycles. The minimum absolute atomic E-state index is 0.191. The Morgan fingerprint density at radius 2 is 2.13 bits per heavy atom. The van der Waals surface area contributed by atoms with Crippen LogP contribution in [0.15, 0.2) is 43.0 Å². The van der Waals surface area contributed by atoms with E-state index in [9.17, 15) is 9.59 Å². The minimum atomic E-state index is -1.15. The van der Waals surface area contributed by atoms with Gasteiger partial charge in [-0.25, -0.2) is 4.79 Å². The number of ether oxygens (including phenoxy) is 2. The van der Waals surface area contributed by atoms with Crippen LogP contribution in [0, 0.1) is 11.3 Å². The number of fused-ring (bicyclic) bond motifs is 1. The molecule has 0 radical (unpaired) electrons. The van der Waals surface area contributed by atoms with Crippen molar-refractivity contribution >= 4 is 11.9 Å². The molecule has 2 aliphatic rings. The van der Waals surface area contributed by atoms with Crippen LogP contribution in [-0.2, 0) is 25.7 Å². The van der Waals surface area contributed by atoms with Gasteiger partial charge in [0, 0.05) is 5.92 Å². The molecule has 4 heteroatoms. The number of hydrogen-bond donors (Lipinski definition) is 0. The summed E-state index contributed by atoms with van der Waals surface area (Å²) >= 11 is 0. The fraction of sp³-hybridized carbons (Fsp3) is 0.474. The van der Waals surface area contributed by atoms with E-state index in [2.05, 4.69) is 6.58 Å². The lowest BCUT2D eigenvalue weighted by molar-refractivity contribution is -0.185.